The summed E-state index contributed by atoms with van der Waals surface area (Å²) in [6.07, 6.45) is -8.66. The largest absolute Gasteiger partial charge is 0.493 e. The molecule has 2 aromatic carbocycles. The Morgan fingerprint density at radius 3 is 2.02 bits per heavy atom. The van der Waals surface area contributed by atoms with Gasteiger partial charge in [-0.05, 0) is 74.8 Å². The van der Waals surface area contributed by atoms with Crippen LogP contribution < -0.4 is 14.8 Å². The minimum atomic E-state index is -5.09. The molecule has 0 saturated carbocycles. The quantitative estimate of drug-likeness (QED) is 0.166. The Kier molecular flexibility index (Phi) is 11.1. The van der Waals surface area contributed by atoms with Crippen molar-refractivity contribution in [1.29, 1.82) is 0 Å². The molecule has 1 aliphatic carbocycles. The molecule has 7 nitrogen and oxygen atoms in total. The van der Waals surface area contributed by atoms with Gasteiger partial charge in [0.25, 0.3) is 0 Å². The average Bonchev–Trinajstić information content (AvgIpc) is 2.94. The van der Waals surface area contributed by atoms with E-state index in [1.54, 1.807) is 6.07 Å². The lowest BCUT2D eigenvalue weighted by atomic mass is 9.69. The van der Waals surface area contributed by atoms with Crippen LogP contribution in [-0.2, 0) is 21.8 Å². The monoisotopic (exact) mass is 645 g/mol. The lowest BCUT2D eigenvalue weighted by molar-refractivity contribution is -0.143. The summed E-state index contributed by atoms with van der Waals surface area (Å²) in [6.45, 7) is 7.69. The zero-order valence-electron chi connectivity index (χ0n) is 26.0. The summed E-state index contributed by atoms with van der Waals surface area (Å²) in [5.74, 6) is -1.23. The SMILES string of the molecule is COC(=O)c1cc2c(c(OC)c1OC)[C@H](C)C[C@@H](OC(=O)Nc1cc(C(F)(F)F)cc(C(F)(F)F)c1)[C@H]2[C@@H](C)CCC=C(C)C. The number of methoxy groups -OCH3 is 3. The Morgan fingerprint density at radius 2 is 1.53 bits per heavy atom. The number of fused-ring (bicyclic) bond motifs is 1. The van der Waals surface area contributed by atoms with Crippen LogP contribution in [0.4, 0.5) is 36.8 Å². The topological polar surface area (TPSA) is 83.1 Å². The fourth-order valence-corrected chi connectivity index (χ4v) is 5.86. The van der Waals surface area contributed by atoms with Crippen LogP contribution in [0.15, 0.2) is 35.9 Å². The van der Waals surface area contributed by atoms with Crippen LogP contribution in [0.3, 0.4) is 0 Å². The molecule has 13 heteroatoms. The molecule has 45 heavy (non-hydrogen) atoms. The maximum absolute atomic E-state index is 13.4. The number of carbonyl (C=O) groups excluding carboxylic acids is 2. The second-order valence-electron chi connectivity index (χ2n) is 11.3. The molecule has 0 bridgehead atoms. The number of esters is 1. The Labute approximate surface area is 257 Å². The van der Waals surface area contributed by atoms with Crippen molar-refractivity contribution in [2.45, 2.75) is 77.2 Å². The molecule has 248 valence electrons. The summed E-state index contributed by atoms with van der Waals surface area (Å²) >= 11 is 0. The number of alkyl halides is 6. The van der Waals surface area contributed by atoms with E-state index in [9.17, 15) is 35.9 Å². The highest BCUT2D eigenvalue weighted by atomic mass is 19.4. The average molecular weight is 646 g/mol. The predicted octanol–water partition coefficient (Wildman–Crippen LogP) is 9.12. The van der Waals surface area contributed by atoms with Crippen molar-refractivity contribution >= 4 is 17.7 Å². The van der Waals surface area contributed by atoms with Gasteiger partial charge in [-0.3, -0.25) is 5.32 Å². The Balaban J connectivity index is 2.09. The van der Waals surface area contributed by atoms with Gasteiger partial charge in [-0.25, -0.2) is 9.59 Å². The van der Waals surface area contributed by atoms with Gasteiger partial charge in [0.05, 0.1) is 32.5 Å². The number of rotatable bonds is 9. The van der Waals surface area contributed by atoms with Gasteiger partial charge in [0.2, 0.25) is 0 Å². The summed E-state index contributed by atoms with van der Waals surface area (Å²) < 4.78 is 102. The van der Waals surface area contributed by atoms with Crippen LogP contribution in [0.25, 0.3) is 0 Å². The van der Waals surface area contributed by atoms with E-state index >= 15 is 0 Å². The highest BCUT2D eigenvalue weighted by Crippen LogP contribution is 2.52. The normalized spacial score (nSPS) is 18.7. The number of ether oxygens (including phenoxy) is 4. The third-order valence-corrected chi connectivity index (χ3v) is 7.84. The Hall–Kier alpha value is -3.90. The van der Waals surface area contributed by atoms with Crippen molar-refractivity contribution in [1.82, 2.24) is 0 Å². The number of amides is 1. The number of hydrogen-bond acceptors (Lipinski definition) is 6. The van der Waals surface area contributed by atoms with Crippen LogP contribution in [0.5, 0.6) is 11.5 Å². The zero-order chi connectivity index (χ0) is 33.9. The minimum absolute atomic E-state index is 0.0268. The number of hydrogen-bond donors (Lipinski definition) is 1. The van der Waals surface area contributed by atoms with E-state index < -0.39 is 53.3 Å². The maximum atomic E-state index is 13.4. The zero-order valence-corrected chi connectivity index (χ0v) is 26.0. The predicted molar refractivity (Wildman–Crippen MR) is 155 cm³/mol. The second-order valence-corrected chi connectivity index (χ2v) is 11.3. The van der Waals surface area contributed by atoms with Gasteiger partial charge in [-0.2, -0.15) is 26.3 Å². The van der Waals surface area contributed by atoms with Crippen LogP contribution >= 0.6 is 0 Å². The van der Waals surface area contributed by atoms with Gasteiger partial charge in [0.15, 0.2) is 11.5 Å². The highest BCUT2D eigenvalue weighted by molar-refractivity contribution is 5.94. The first-order valence-corrected chi connectivity index (χ1v) is 14.2. The highest BCUT2D eigenvalue weighted by Gasteiger charge is 2.43. The van der Waals surface area contributed by atoms with Gasteiger partial charge in [0.1, 0.15) is 11.7 Å². The van der Waals surface area contributed by atoms with Crippen molar-refractivity contribution in [2.75, 3.05) is 26.6 Å². The molecule has 0 fully saturated rings. The van der Waals surface area contributed by atoms with E-state index in [1.807, 2.05) is 33.8 Å². The Bertz CT molecular complexity index is 1400. The Morgan fingerprint density at radius 1 is 0.956 bits per heavy atom. The number of halogens is 6. The fraction of sp³-hybridized carbons (Fsp3) is 0.500. The lowest BCUT2D eigenvalue weighted by Gasteiger charge is -2.40. The number of allylic oxidation sites excluding steroid dienone is 2. The molecular weight excluding hydrogens is 608 g/mol. The van der Waals surface area contributed by atoms with E-state index in [0.717, 1.165) is 11.1 Å². The van der Waals surface area contributed by atoms with Crippen LogP contribution in [0, 0.1) is 5.92 Å². The van der Waals surface area contributed by atoms with Crippen molar-refractivity contribution in [3.8, 4) is 11.5 Å². The molecule has 0 radical (unpaired) electrons. The van der Waals surface area contributed by atoms with Crippen molar-refractivity contribution in [3.63, 3.8) is 0 Å². The first-order chi connectivity index (χ1) is 20.9. The molecule has 0 saturated heterocycles. The molecule has 1 N–H and O–H groups in total. The number of benzene rings is 2. The molecule has 2 aromatic rings. The number of nitrogens with one attached hydrogen (secondary N) is 1. The molecule has 0 spiro atoms. The molecule has 1 amide bonds. The second kappa shape index (κ2) is 14.0. The number of carbonyl (C=O) groups is 2. The first kappa shape index (κ1) is 35.6. The molecule has 0 heterocycles. The van der Waals surface area contributed by atoms with Crippen LogP contribution in [0.2, 0.25) is 0 Å². The molecule has 0 aromatic heterocycles. The molecule has 3 rings (SSSR count). The third kappa shape index (κ3) is 8.23. The summed E-state index contributed by atoms with van der Waals surface area (Å²) in [6, 6.07) is 2.40. The maximum Gasteiger partial charge on any atom is 0.416 e. The van der Waals surface area contributed by atoms with Gasteiger partial charge in [-0.1, -0.05) is 25.5 Å². The minimum Gasteiger partial charge on any atom is -0.493 e. The van der Waals surface area contributed by atoms with E-state index in [-0.39, 0.29) is 35.6 Å². The van der Waals surface area contributed by atoms with Crippen molar-refractivity contribution < 1.29 is 54.9 Å². The van der Waals surface area contributed by atoms with Crippen molar-refractivity contribution in [2.24, 2.45) is 5.92 Å². The number of anilines is 1. The summed E-state index contributed by atoms with van der Waals surface area (Å²) in [7, 11) is 4.03. The van der Waals surface area contributed by atoms with E-state index in [2.05, 4.69) is 5.32 Å². The molecule has 0 aliphatic heterocycles. The summed E-state index contributed by atoms with van der Waals surface area (Å²) in [4.78, 5) is 25.9. The fourth-order valence-electron chi connectivity index (χ4n) is 5.86. The standard InChI is InChI=1S/C32H37F6NO6/c1-16(2)9-8-10-17(3)25-22-15-23(29(40)44-7)27(42-5)28(43-6)26(22)18(4)11-24(25)45-30(41)39-21-13-19(31(33,34)35)12-20(14-21)32(36,37)38/h9,12-15,17-18,24-25H,8,10-11H2,1-7H3,(H,39,41)/t17-,18+,24+,25-/m0/s1. The van der Waals surface area contributed by atoms with Gasteiger partial charge in [-0.15, -0.1) is 0 Å². The van der Waals surface area contributed by atoms with Crippen molar-refractivity contribution in [3.05, 3.63) is 63.7 Å². The summed E-state index contributed by atoms with van der Waals surface area (Å²) in [5.41, 5.74) is -1.32. The summed E-state index contributed by atoms with van der Waals surface area (Å²) in [5, 5.41) is 2.06. The van der Waals surface area contributed by atoms with Crippen LogP contribution in [0.1, 0.15) is 91.4 Å². The van der Waals surface area contributed by atoms with E-state index in [4.69, 9.17) is 18.9 Å². The lowest BCUT2D eigenvalue weighted by Crippen LogP contribution is -2.37. The molecular formula is C32H37F6NO6. The smallest absolute Gasteiger partial charge is 0.416 e. The van der Waals surface area contributed by atoms with Gasteiger partial charge >= 0.3 is 24.4 Å². The van der Waals surface area contributed by atoms with Crippen LogP contribution in [-0.4, -0.2) is 39.5 Å². The third-order valence-electron chi connectivity index (χ3n) is 7.84. The van der Waals surface area contributed by atoms with Gasteiger partial charge in [0, 0.05) is 17.2 Å². The molecule has 1 aliphatic rings. The molecule has 4 atom stereocenters. The first-order valence-electron chi connectivity index (χ1n) is 14.2. The van der Waals surface area contributed by atoms with E-state index in [1.165, 1.54) is 21.3 Å². The molecule has 0 unspecified atom stereocenters. The van der Waals surface area contributed by atoms with Gasteiger partial charge < -0.3 is 18.9 Å². The van der Waals surface area contributed by atoms with E-state index in [0.29, 0.717) is 36.3 Å².